The summed E-state index contributed by atoms with van der Waals surface area (Å²) >= 11 is 6.29. The molecule has 1 aliphatic rings. The van der Waals surface area contributed by atoms with Crippen molar-refractivity contribution in [3.63, 3.8) is 0 Å². The molecular weight excluding hydrogens is 629 g/mol. The molecular formula is C30H28ClF3N8O4. The minimum absolute atomic E-state index is 0.134. The highest BCUT2D eigenvalue weighted by atomic mass is 35.5. The summed E-state index contributed by atoms with van der Waals surface area (Å²) in [6.45, 7) is 2.45. The minimum atomic E-state index is -5.08. The zero-order valence-corrected chi connectivity index (χ0v) is 24.8. The Kier molecular flexibility index (Phi) is 9.82. The largest absolute Gasteiger partial charge is 0.490 e. The number of nitrogens with two attached hydrogens (primary N) is 1. The molecule has 1 amide bonds. The van der Waals surface area contributed by atoms with Gasteiger partial charge in [0.05, 0.1) is 16.8 Å². The lowest BCUT2D eigenvalue weighted by atomic mass is 10.1. The van der Waals surface area contributed by atoms with Gasteiger partial charge < -0.3 is 26.0 Å². The molecule has 3 aromatic heterocycles. The lowest BCUT2D eigenvalue weighted by Crippen LogP contribution is -2.32. The van der Waals surface area contributed by atoms with Crippen LogP contribution in [0.15, 0.2) is 65.4 Å². The SMILES string of the molecule is Nc1nonc1-c1nc2c(-c3cccc(Cl)c3)ncc(C(=O)NCCNCc3ccccc3)c2n1CC1CC1.O=C(O)C(F)(F)F. The Labute approximate surface area is 264 Å². The first-order valence-corrected chi connectivity index (χ1v) is 14.5. The van der Waals surface area contributed by atoms with Crippen molar-refractivity contribution < 1.29 is 32.5 Å². The first-order chi connectivity index (χ1) is 22.0. The fourth-order valence-electron chi connectivity index (χ4n) is 4.61. The first-order valence-electron chi connectivity index (χ1n) is 14.1. The normalized spacial score (nSPS) is 12.9. The molecule has 0 saturated heterocycles. The second-order valence-electron chi connectivity index (χ2n) is 10.4. The van der Waals surface area contributed by atoms with Gasteiger partial charge in [-0.15, -0.1) is 0 Å². The van der Waals surface area contributed by atoms with Crippen LogP contribution in [0.4, 0.5) is 19.0 Å². The van der Waals surface area contributed by atoms with Crippen LogP contribution in [0, 0.1) is 5.92 Å². The van der Waals surface area contributed by atoms with E-state index in [-0.39, 0.29) is 11.7 Å². The Morgan fingerprint density at radius 1 is 1.07 bits per heavy atom. The lowest BCUT2D eigenvalue weighted by Gasteiger charge is -2.12. The van der Waals surface area contributed by atoms with E-state index in [1.807, 2.05) is 41.0 Å². The number of hydrogen-bond acceptors (Lipinski definition) is 9. The summed E-state index contributed by atoms with van der Waals surface area (Å²) in [5.41, 5.74) is 10.6. The number of nitrogen functional groups attached to an aromatic ring is 1. The molecule has 240 valence electrons. The Morgan fingerprint density at radius 2 is 1.80 bits per heavy atom. The van der Waals surface area contributed by atoms with Crippen LogP contribution in [0.5, 0.6) is 0 Å². The van der Waals surface area contributed by atoms with Crippen molar-refractivity contribution >= 4 is 40.3 Å². The molecule has 1 aliphatic carbocycles. The molecule has 3 heterocycles. The number of halogens is 4. The average molecular weight is 657 g/mol. The number of carboxylic acids is 1. The molecule has 6 rings (SSSR count). The zero-order valence-electron chi connectivity index (χ0n) is 24.1. The van der Waals surface area contributed by atoms with Gasteiger partial charge in [-0.25, -0.2) is 14.4 Å². The number of aliphatic carboxylic acids is 1. The van der Waals surface area contributed by atoms with E-state index in [1.165, 1.54) is 5.56 Å². The standard InChI is InChI=1S/C28H27ClN8O2.C2HF3O2/c29-20-8-4-7-19(13-20)22-23-25(37(16-18-9-10-18)27(34-23)24-26(30)36-39-35-24)21(15-33-22)28(38)32-12-11-31-14-17-5-2-1-3-6-17;3-2(4,5)1(6)7/h1-8,13,15,18,31H,9-12,14,16H2,(H2,30,36)(H,32,38);(H,6,7). The van der Waals surface area contributed by atoms with E-state index in [1.54, 1.807) is 12.3 Å². The predicted octanol–water partition coefficient (Wildman–Crippen LogP) is 4.95. The number of carbonyl (C=O) groups excluding carboxylic acids is 1. The van der Waals surface area contributed by atoms with E-state index >= 15 is 0 Å². The average Bonchev–Trinajstić information content (AvgIpc) is 3.63. The van der Waals surface area contributed by atoms with Crippen molar-refractivity contribution in [2.24, 2.45) is 5.92 Å². The number of alkyl halides is 3. The number of fused-ring (bicyclic) bond motifs is 1. The fraction of sp³-hybridized carbons (Fsp3) is 0.267. The third-order valence-corrected chi connectivity index (χ3v) is 7.21. The molecule has 16 heteroatoms. The highest BCUT2D eigenvalue weighted by Gasteiger charge is 2.38. The van der Waals surface area contributed by atoms with Gasteiger partial charge in [-0.2, -0.15) is 13.2 Å². The van der Waals surface area contributed by atoms with Crippen molar-refractivity contribution in [1.82, 2.24) is 35.5 Å². The molecule has 12 nitrogen and oxygen atoms in total. The molecule has 1 fully saturated rings. The van der Waals surface area contributed by atoms with Crippen molar-refractivity contribution in [2.75, 3.05) is 18.8 Å². The summed E-state index contributed by atoms with van der Waals surface area (Å²) < 4.78 is 38.6. The first kappa shape index (κ1) is 32.4. The van der Waals surface area contributed by atoms with Gasteiger partial charge in [0, 0.05) is 43.0 Å². The Morgan fingerprint density at radius 3 is 2.43 bits per heavy atom. The van der Waals surface area contributed by atoms with Crippen molar-refractivity contribution in [3.8, 4) is 22.8 Å². The predicted molar refractivity (Wildman–Crippen MR) is 163 cm³/mol. The molecule has 0 spiro atoms. The number of anilines is 1. The van der Waals surface area contributed by atoms with Gasteiger partial charge in [-0.05, 0) is 46.8 Å². The number of aromatic nitrogens is 5. The summed E-state index contributed by atoms with van der Waals surface area (Å²) in [5, 5.41) is 21.8. The highest BCUT2D eigenvalue weighted by molar-refractivity contribution is 6.30. The van der Waals surface area contributed by atoms with E-state index in [2.05, 4.69) is 38.1 Å². The van der Waals surface area contributed by atoms with Crippen LogP contribution in [0.2, 0.25) is 5.02 Å². The Bertz CT molecular complexity index is 1840. The fourth-order valence-corrected chi connectivity index (χ4v) is 4.80. The van der Waals surface area contributed by atoms with E-state index in [0.29, 0.717) is 64.4 Å². The van der Waals surface area contributed by atoms with Gasteiger partial charge >= 0.3 is 12.1 Å². The molecule has 1 saturated carbocycles. The third kappa shape index (κ3) is 7.79. The second-order valence-corrected chi connectivity index (χ2v) is 10.9. The van der Waals surface area contributed by atoms with Crippen LogP contribution in [0.3, 0.4) is 0 Å². The second kappa shape index (κ2) is 14.0. The topological polar surface area (TPSA) is 174 Å². The van der Waals surface area contributed by atoms with E-state index < -0.39 is 12.1 Å². The van der Waals surface area contributed by atoms with Gasteiger partial charge in [-0.3, -0.25) is 9.78 Å². The monoisotopic (exact) mass is 656 g/mol. The summed E-state index contributed by atoms with van der Waals surface area (Å²) in [4.78, 5) is 32.0. The summed E-state index contributed by atoms with van der Waals surface area (Å²) in [5.74, 6) is -1.89. The summed E-state index contributed by atoms with van der Waals surface area (Å²) in [7, 11) is 0. The maximum absolute atomic E-state index is 13.5. The van der Waals surface area contributed by atoms with Crippen LogP contribution in [-0.4, -0.2) is 61.1 Å². The molecule has 0 radical (unpaired) electrons. The molecule has 0 aliphatic heterocycles. The van der Waals surface area contributed by atoms with Crippen molar-refractivity contribution in [3.05, 3.63) is 76.9 Å². The van der Waals surface area contributed by atoms with E-state index in [0.717, 1.165) is 24.9 Å². The molecule has 5 aromatic rings. The van der Waals surface area contributed by atoms with Gasteiger partial charge in [0.25, 0.3) is 5.91 Å². The van der Waals surface area contributed by atoms with Crippen LogP contribution in [0.1, 0.15) is 28.8 Å². The molecule has 2 aromatic carbocycles. The number of nitrogens with zero attached hydrogens (tertiary/aromatic N) is 5. The molecule has 0 unspecified atom stereocenters. The number of hydrogen-bond donors (Lipinski definition) is 4. The van der Waals surface area contributed by atoms with E-state index in [9.17, 15) is 18.0 Å². The smallest absolute Gasteiger partial charge is 0.475 e. The zero-order chi connectivity index (χ0) is 32.8. The maximum Gasteiger partial charge on any atom is 0.490 e. The van der Waals surface area contributed by atoms with Crippen LogP contribution in [0.25, 0.3) is 33.8 Å². The lowest BCUT2D eigenvalue weighted by molar-refractivity contribution is -0.192. The van der Waals surface area contributed by atoms with Crippen molar-refractivity contribution in [1.29, 1.82) is 0 Å². The molecule has 46 heavy (non-hydrogen) atoms. The van der Waals surface area contributed by atoms with Crippen LogP contribution >= 0.6 is 11.6 Å². The number of carboxylic acid groups (broad SMARTS) is 1. The minimum Gasteiger partial charge on any atom is -0.475 e. The quantitative estimate of drug-likeness (QED) is 0.151. The van der Waals surface area contributed by atoms with Crippen molar-refractivity contribution in [2.45, 2.75) is 32.1 Å². The Balaban J connectivity index is 0.000000537. The Hall–Kier alpha value is -5.02. The number of nitrogens with one attached hydrogen (secondary N) is 2. The van der Waals surface area contributed by atoms with Gasteiger partial charge in [-0.1, -0.05) is 54.1 Å². The van der Waals surface area contributed by atoms with Crippen LogP contribution < -0.4 is 16.4 Å². The van der Waals surface area contributed by atoms with Gasteiger partial charge in [0.1, 0.15) is 5.52 Å². The molecule has 0 atom stereocenters. The number of pyridine rings is 1. The number of imidazole rings is 1. The number of benzene rings is 2. The number of rotatable bonds is 10. The maximum atomic E-state index is 13.5. The highest BCUT2D eigenvalue weighted by Crippen LogP contribution is 2.38. The van der Waals surface area contributed by atoms with Crippen LogP contribution in [-0.2, 0) is 17.9 Å². The summed E-state index contributed by atoms with van der Waals surface area (Å²) in [6, 6.07) is 17.5. The van der Waals surface area contributed by atoms with Gasteiger partial charge in [0.15, 0.2) is 17.3 Å². The molecule has 5 N–H and O–H groups in total. The third-order valence-electron chi connectivity index (χ3n) is 6.98. The molecule has 0 bridgehead atoms. The summed E-state index contributed by atoms with van der Waals surface area (Å²) in [6.07, 6.45) is -1.27. The number of amides is 1. The number of carbonyl (C=O) groups is 2. The van der Waals surface area contributed by atoms with E-state index in [4.69, 9.17) is 36.8 Å². The van der Waals surface area contributed by atoms with Gasteiger partial charge in [0.2, 0.25) is 0 Å².